The molecule has 0 rings (SSSR count). The summed E-state index contributed by atoms with van der Waals surface area (Å²) in [6.07, 6.45) is 3.39. The summed E-state index contributed by atoms with van der Waals surface area (Å²) in [4.78, 5) is 0. The number of thioether (sulfide) groups is 1. The fourth-order valence-corrected chi connectivity index (χ4v) is 1.07. The zero-order valence-corrected chi connectivity index (χ0v) is 6.50. The van der Waals surface area contributed by atoms with Crippen molar-refractivity contribution in [3.63, 3.8) is 0 Å². The summed E-state index contributed by atoms with van der Waals surface area (Å²) in [5.74, 6) is 1.96. The van der Waals surface area contributed by atoms with Gasteiger partial charge in [-0.15, -0.1) is 0 Å². The van der Waals surface area contributed by atoms with Crippen LogP contribution in [0.15, 0.2) is 0 Å². The Morgan fingerprint density at radius 3 is 2.62 bits per heavy atom. The van der Waals surface area contributed by atoms with Crippen molar-refractivity contribution in [2.24, 2.45) is 11.7 Å². The average Bonchev–Trinajstić information content (AvgIpc) is 1.83. The Morgan fingerprint density at radius 1 is 1.62 bits per heavy atom. The minimum absolute atomic E-state index is 0.711. The molecule has 0 aliphatic heterocycles. The number of hydrogen-bond donors (Lipinski definition) is 1. The molecule has 1 atom stereocenters. The maximum atomic E-state index is 5.40. The number of rotatable bonds is 4. The molecule has 0 heterocycles. The first-order chi connectivity index (χ1) is 3.81. The minimum atomic E-state index is 0.711. The van der Waals surface area contributed by atoms with Gasteiger partial charge in [0.05, 0.1) is 0 Å². The largest absolute Gasteiger partial charge is 0.330 e. The molecule has 1 nitrogen and oxygen atoms in total. The zero-order valence-electron chi connectivity index (χ0n) is 5.68. The molecule has 0 bridgehead atoms. The van der Waals surface area contributed by atoms with Crippen LogP contribution in [-0.2, 0) is 0 Å². The molecule has 0 radical (unpaired) electrons. The SMILES string of the molecule is CSCC[C@H](C)CN. The molecule has 0 aliphatic carbocycles. The Kier molecular flexibility index (Phi) is 5.66. The molecule has 0 aromatic carbocycles. The van der Waals surface area contributed by atoms with Crippen molar-refractivity contribution in [1.29, 1.82) is 0 Å². The van der Waals surface area contributed by atoms with E-state index < -0.39 is 0 Å². The van der Waals surface area contributed by atoms with Crippen molar-refractivity contribution < 1.29 is 0 Å². The van der Waals surface area contributed by atoms with Crippen molar-refractivity contribution in [3.05, 3.63) is 0 Å². The van der Waals surface area contributed by atoms with Gasteiger partial charge in [0, 0.05) is 0 Å². The van der Waals surface area contributed by atoms with Crippen LogP contribution in [0.3, 0.4) is 0 Å². The molecule has 50 valence electrons. The average molecular weight is 133 g/mol. The molecule has 0 saturated carbocycles. The highest BCUT2D eigenvalue weighted by atomic mass is 32.2. The van der Waals surface area contributed by atoms with Crippen LogP contribution in [-0.4, -0.2) is 18.6 Å². The summed E-state index contributed by atoms with van der Waals surface area (Å²) in [6.45, 7) is 3.02. The van der Waals surface area contributed by atoms with Crippen molar-refractivity contribution in [1.82, 2.24) is 0 Å². The molecule has 0 aromatic heterocycles. The van der Waals surface area contributed by atoms with Gasteiger partial charge in [-0.05, 0) is 30.9 Å². The number of hydrogen-bond acceptors (Lipinski definition) is 2. The highest BCUT2D eigenvalue weighted by molar-refractivity contribution is 7.98. The second-order valence-electron chi connectivity index (χ2n) is 2.12. The molecule has 0 amide bonds. The third-order valence-corrected chi connectivity index (χ3v) is 1.86. The molecule has 0 unspecified atom stereocenters. The zero-order chi connectivity index (χ0) is 6.41. The van der Waals surface area contributed by atoms with Crippen molar-refractivity contribution in [2.45, 2.75) is 13.3 Å². The van der Waals surface area contributed by atoms with Crippen LogP contribution < -0.4 is 5.73 Å². The Labute approximate surface area is 56.0 Å². The van der Waals surface area contributed by atoms with Crippen molar-refractivity contribution in [3.8, 4) is 0 Å². The lowest BCUT2D eigenvalue weighted by Gasteiger charge is -2.04. The second kappa shape index (κ2) is 5.45. The van der Waals surface area contributed by atoms with Gasteiger partial charge in [-0.3, -0.25) is 0 Å². The number of nitrogens with two attached hydrogens (primary N) is 1. The van der Waals surface area contributed by atoms with E-state index in [2.05, 4.69) is 13.2 Å². The lowest BCUT2D eigenvalue weighted by Crippen LogP contribution is -2.10. The van der Waals surface area contributed by atoms with Crippen LogP contribution in [0.2, 0.25) is 0 Å². The molecular formula is C6H15NS. The molecule has 0 aromatic rings. The van der Waals surface area contributed by atoms with Gasteiger partial charge in [-0.1, -0.05) is 6.92 Å². The molecule has 8 heavy (non-hydrogen) atoms. The van der Waals surface area contributed by atoms with Gasteiger partial charge < -0.3 is 5.73 Å². The molecule has 0 spiro atoms. The fourth-order valence-electron chi connectivity index (χ4n) is 0.437. The van der Waals surface area contributed by atoms with Gasteiger partial charge in [0.15, 0.2) is 0 Å². The van der Waals surface area contributed by atoms with E-state index in [0.29, 0.717) is 5.92 Å². The van der Waals surface area contributed by atoms with Crippen LogP contribution in [0, 0.1) is 5.92 Å². The van der Waals surface area contributed by atoms with Gasteiger partial charge in [0.1, 0.15) is 0 Å². The lowest BCUT2D eigenvalue weighted by molar-refractivity contribution is 0.581. The third-order valence-electron chi connectivity index (χ3n) is 1.22. The smallest absolute Gasteiger partial charge is 0.00512 e. The first-order valence-corrected chi connectivity index (χ1v) is 4.39. The Hall–Kier alpha value is 0.310. The summed E-state index contributed by atoms with van der Waals surface area (Å²) >= 11 is 1.89. The molecule has 0 fully saturated rings. The van der Waals surface area contributed by atoms with Crippen LogP contribution in [0.25, 0.3) is 0 Å². The first-order valence-electron chi connectivity index (χ1n) is 3.00. The van der Waals surface area contributed by atoms with Crippen LogP contribution in [0.4, 0.5) is 0 Å². The summed E-state index contributed by atoms with van der Waals surface area (Å²) in [5.41, 5.74) is 5.40. The van der Waals surface area contributed by atoms with Crippen LogP contribution in [0.1, 0.15) is 13.3 Å². The van der Waals surface area contributed by atoms with E-state index in [-0.39, 0.29) is 0 Å². The van der Waals surface area contributed by atoms with Crippen molar-refractivity contribution >= 4 is 11.8 Å². The van der Waals surface area contributed by atoms with E-state index in [1.165, 1.54) is 12.2 Å². The molecular weight excluding hydrogens is 118 g/mol. The lowest BCUT2D eigenvalue weighted by atomic mass is 10.1. The van der Waals surface area contributed by atoms with Crippen LogP contribution >= 0.6 is 11.8 Å². The highest BCUT2D eigenvalue weighted by Crippen LogP contribution is 2.03. The Bertz CT molecular complexity index is 47.8. The molecule has 0 aliphatic rings. The summed E-state index contributed by atoms with van der Waals surface area (Å²) in [6, 6.07) is 0. The summed E-state index contributed by atoms with van der Waals surface area (Å²) in [5, 5.41) is 0. The molecule has 2 N–H and O–H groups in total. The van der Waals surface area contributed by atoms with Gasteiger partial charge in [0.2, 0.25) is 0 Å². The van der Waals surface area contributed by atoms with E-state index in [1.807, 2.05) is 11.8 Å². The summed E-state index contributed by atoms with van der Waals surface area (Å²) < 4.78 is 0. The quantitative estimate of drug-likeness (QED) is 0.626. The van der Waals surface area contributed by atoms with E-state index in [0.717, 1.165) is 6.54 Å². The monoisotopic (exact) mass is 133 g/mol. The maximum absolute atomic E-state index is 5.40. The minimum Gasteiger partial charge on any atom is -0.330 e. The van der Waals surface area contributed by atoms with Gasteiger partial charge in [0.25, 0.3) is 0 Å². The molecule has 2 heteroatoms. The Morgan fingerprint density at radius 2 is 2.25 bits per heavy atom. The van der Waals surface area contributed by atoms with Gasteiger partial charge in [-0.2, -0.15) is 11.8 Å². The van der Waals surface area contributed by atoms with Gasteiger partial charge >= 0.3 is 0 Å². The Balaban J connectivity index is 2.86. The normalized spacial score (nSPS) is 13.9. The predicted molar refractivity (Wildman–Crippen MR) is 41.2 cm³/mol. The topological polar surface area (TPSA) is 26.0 Å². The highest BCUT2D eigenvalue weighted by Gasteiger charge is 1.95. The summed E-state index contributed by atoms with van der Waals surface area (Å²) in [7, 11) is 0. The first kappa shape index (κ1) is 8.31. The van der Waals surface area contributed by atoms with Crippen LogP contribution in [0.5, 0.6) is 0 Å². The van der Waals surface area contributed by atoms with E-state index in [1.54, 1.807) is 0 Å². The fraction of sp³-hybridized carbons (Fsp3) is 1.00. The standard InChI is InChI=1S/C6H15NS/c1-6(5-7)3-4-8-2/h6H,3-5,7H2,1-2H3/t6-/m0/s1. The maximum Gasteiger partial charge on any atom is -0.00512 e. The third kappa shape index (κ3) is 4.47. The molecule has 0 saturated heterocycles. The van der Waals surface area contributed by atoms with Gasteiger partial charge in [-0.25, -0.2) is 0 Å². The van der Waals surface area contributed by atoms with E-state index >= 15 is 0 Å². The predicted octanol–water partition coefficient (Wildman–Crippen LogP) is 1.33. The van der Waals surface area contributed by atoms with E-state index in [9.17, 15) is 0 Å². The van der Waals surface area contributed by atoms with Crippen molar-refractivity contribution in [2.75, 3.05) is 18.6 Å². The van der Waals surface area contributed by atoms with E-state index in [4.69, 9.17) is 5.73 Å². The second-order valence-corrected chi connectivity index (χ2v) is 3.11.